The van der Waals surface area contributed by atoms with Crippen molar-refractivity contribution in [3.05, 3.63) is 23.7 Å². The van der Waals surface area contributed by atoms with Crippen molar-refractivity contribution < 1.29 is 13.9 Å². The second-order valence-electron chi connectivity index (χ2n) is 6.98. The normalized spacial score (nSPS) is 24.4. The number of furan rings is 1. The standard InChI is InChI=1S/C18H29N3O3.2ClH/c1-13-5-6-17(24-13)16(21-7-9-23-10-8-21)12-20-18(22)11-14-3-2-4-15(14)19;;/h5-6,14-16H,2-4,7-12,19H2,1H3,(H,20,22);2*1H/t14-,15+,16?;;/m0../s1. The molecule has 150 valence electrons. The molecule has 3 atom stereocenters. The highest BCUT2D eigenvalue weighted by molar-refractivity contribution is 5.85. The van der Waals surface area contributed by atoms with E-state index in [0.717, 1.165) is 57.1 Å². The Balaban J connectivity index is 0.00000169. The van der Waals surface area contributed by atoms with Crippen LogP contribution in [0.1, 0.15) is 43.2 Å². The van der Waals surface area contributed by atoms with Crippen molar-refractivity contribution in [2.75, 3.05) is 32.8 Å². The number of nitrogens with two attached hydrogens (primary N) is 1. The third kappa shape index (κ3) is 6.13. The van der Waals surface area contributed by atoms with Crippen molar-refractivity contribution in [3.63, 3.8) is 0 Å². The molecule has 1 aromatic rings. The Morgan fingerprint density at radius 1 is 1.31 bits per heavy atom. The first-order valence-corrected chi connectivity index (χ1v) is 9.04. The van der Waals surface area contributed by atoms with E-state index in [-0.39, 0.29) is 42.8 Å². The zero-order valence-corrected chi connectivity index (χ0v) is 16.9. The highest BCUT2D eigenvalue weighted by atomic mass is 35.5. The minimum atomic E-state index is 0. The smallest absolute Gasteiger partial charge is 0.220 e. The van der Waals surface area contributed by atoms with Crippen molar-refractivity contribution in [1.82, 2.24) is 10.2 Å². The average Bonchev–Trinajstić information content (AvgIpc) is 3.18. The van der Waals surface area contributed by atoms with Gasteiger partial charge in [0.1, 0.15) is 11.5 Å². The van der Waals surface area contributed by atoms with Crippen molar-refractivity contribution in [2.45, 2.75) is 44.7 Å². The molecule has 8 heteroatoms. The highest BCUT2D eigenvalue weighted by Gasteiger charge is 2.28. The maximum absolute atomic E-state index is 12.3. The molecule has 6 nitrogen and oxygen atoms in total. The summed E-state index contributed by atoms with van der Waals surface area (Å²) in [7, 11) is 0. The van der Waals surface area contributed by atoms with Crippen LogP contribution in [0.25, 0.3) is 0 Å². The zero-order valence-electron chi connectivity index (χ0n) is 15.3. The van der Waals surface area contributed by atoms with Gasteiger partial charge in [0, 0.05) is 32.1 Å². The van der Waals surface area contributed by atoms with Crippen LogP contribution in [-0.2, 0) is 9.53 Å². The van der Waals surface area contributed by atoms with Gasteiger partial charge in [-0.2, -0.15) is 0 Å². The third-order valence-corrected chi connectivity index (χ3v) is 5.23. The summed E-state index contributed by atoms with van der Waals surface area (Å²) in [6.45, 7) is 5.66. The fraction of sp³-hybridized carbons (Fsp3) is 0.722. The summed E-state index contributed by atoms with van der Waals surface area (Å²) >= 11 is 0. The SMILES string of the molecule is Cc1ccc(C(CNC(=O)C[C@@H]2CCC[C@H]2N)N2CCOCC2)o1.Cl.Cl. The van der Waals surface area contributed by atoms with Crippen molar-refractivity contribution in [2.24, 2.45) is 11.7 Å². The van der Waals surface area contributed by atoms with Gasteiger partial charge in [-0.1, -0.05) is 6.42 Å². The van der Waals surface area contributed by atoms with Gasteiger partial charge in [0.05, 0.1) is 19.3 Å². The van der Waals surface area contributed by atoms with Crippen LogP contribution < -0.4 is 11.1 Å². The average molecular weight is 408 g/mol. The largest absolute Gasteiger partial charge is 0.465 e. The van der Waals surface area contributed by atoms with Crippen LogP contribution in [0.3, 0.4) is 0 Å². The summed E-state index contributed by atoms with van der Waals surface area (Å²) in [6, 6.07) is 4.22. The molecule has 0 radical (unpaired) electrons. The van der Waals surface area contributed by atoms with Gasteiger partial charge in [-0.05, 0) is 37.8 Å². The van der Waals surface area contributed by atoms with E-state index in [9.17, 15) is 4.79 Å². The number of amides is 1. The lowest BCUT2D eigenvalue weighted by Gasteiger charge is -2.33. The Labute approximate surface area is 168 Å². The molecule has 1 aliphatic heterocycles. The number of carbonyl (C=O) groups excluding carboxylic acids is 1. The molecule has 0 spiro atoms. The molecule has 2 heterocycles. The monoisotopic (exact) mass is 407 g/mol. The van der Waals surface area contributed by atoms with Gasteiger partial charge in [-0.15, -0.1) is 24.8 Å². The molecule has 1 saturated heterocycles. The molecule has 1 aromatic heterocycles. The van der Waals surface area contributed by atoms with E-state index in [1.54, 1.807) is 0 Å². The number of halogens is 2. The lowest BCUT2D eigenvalue weighted by molar-refractivity contribution is -0.122. The van der Waals surface area contributed by atoms with E-state index in [1.165, 1.54) is 0 Å². The van der Waals surface area contributed by atoms with Gasteiger partial charge < -0.3 is 20.2 Å². The second kappa shape index (κ2) is 11.1. The van der Waals surface area contributed by atoms with E-state index >= 15 is 0 Å². The van der Waals surface area contributed by atoms with Crippen molar-refractivity contribution >= 4 is 30.7 Å². The molecule has 2 aliphatic rings. The van der Waals surface area contributed by atoms with Crippen LogP contribution in [-0.4, -0.2) is 49.7 Å². The summed E-state index contributed by atoms with van der Waals surface area (Å²) < 4.78 is 11.3. The predicted octanol–water partition coefficient (Wildman–Crippen LogP) is 2.44. The van der Waals surface area contributed by atoms with Gasteiger partial charge in [0.2, 0.25) is 5.91 Å². The van der Waals surface area contributed by atoms with Gasteiger partial charge in [0.25, 0.3) is 0 Å². The van der Waals surface area contributed by atoms with E-state index in [2.05, 4.69) is 10.2 Å². The first kappa shape index (κ1) is 23.2. The Morgan fingerprint density at radius 3 is 2.62 bits per heavy atom. The number of nitrogens with one attached hydrogen (secondary N) is 1. The van der Waals surface area contributed by atoms with Crippen molar-refractivity contribution in [1.29, 1.82) is 0 Å². The molecule has 1 aliphatic carbocycles. The molecule has 3 N–H and O–H groups in total. The van der Waals surface area contributed by atoms with Gasteiger partial charge in [-0.25, -0.2) is 0 Å². The second-order valence-corrected chi connectivity index (χ2v) is 6.98. The maximum atomic E-state index is 12.3. The van der Waals surface area contributed by atoms with Crippen LogP contribution in [0, 0.1) is 12.8 Å². The first-order valence-electron chi connectivity index (χ1n) is 9.04. The van der Waals surface area contributed by atoms with Gasteiger partial charge in [0.15, 0.2) is 0 Å². The molecule has 1 saturated carbocycles. The van der Waals surface area contributed by atoms with E-state index in [4.69, 9.17) is 14.9 Å². The molecule has 0 aromatic carbocycles. The molecule has 0 bridgehead atoms. The Kier molecular flexibility index (Phi) is 9.97. The van der Waals surface area contributed by atoms with Gasteiger partial charge in [-0.3, -0.25) is 9.69 Å². The lowest BCUT2D eigenvalue weighted by atomic mass is 10.00. The Hall–Kier alpha value is -0.790. The van der Waals surface area contributed by atoms with Crippen molar-refractivity contribution in [3.8, 4) is 0 Å². The number of aryl methyl sites for hydroxylation is 1. The number of rotatable bonds is 6. The number of hydrogen-bond acceptors (Lipinski definition) is 5. The summed E-state index contributed by atoms with van der Waals surface area (Å²) in [5.74, 6) is 2.23. The molecular weight excluding hydrogens is 377 g/mol. The molecule has 1 unspecified atom stereocenters. The zero-order chi connectivity index (χ0) is 16.9. The van der Waals surface area contributed by atoms with Crippen LogP contribution in [0.15, 0.2) is 16.5 Å². The summed E-state index contributed by atoms with van der Waals surface area (Å²) in [6.07, 6.45) is 3.79. The van der Waals surface area contributed by atoms with Crippen LogP contribution in [0.5, 0.6) is 0 Å². The highest BCUT2D eigenvalue weighted by Crippen LogP contribution is 2.27. The number of ether oxygens (including phenoxy) is 1. The topological polar surface area (TPSA) is 80.7 Å². The maximum Gasteiger partial charge on any atom is 0.220 e. The number of carbonyl (C=O) groups is 1. The molecule has 26 heavy (non-hydrogen) atoms. The fourth-order valence-electron chi connectivity index (χ4n) is 3.77. The fourth-order valence-corrected chi connectivity index (χ4v) is 3.77. The van der Waals surface area contributed by atoms with Crippen LogP contribution in [0.2, 0.25) is 0 Å². The minimum Gasteiger partial charge on any atom is -0.465 e. The van der Waals surface area contributed by atoms with Crippen LogP contribution >= 0.6 is 24.8 Å². The van der Waals surface area contributed by atoms with Gasteiger partial charge >= 0.3 is 0 Å². The first-order chi connectivity index (χ1) is 11.6. The van der Waals surface area contributed by atoms with E-state index < -0.39 is 0 Å². The summed E-state index contributed by atoms with van der Waals surface area (Å²) in [4.78, 5) is 14.7. The third-order valence-electron chi connectivity index (χ3n) is 5.23. The van der Waals surface area contributed by atoms with E-state index in [0.29, 0.717) is 18.9 Å². The summed E-state index contributed by atoms with van der Waals surface area (Å²) in [5, 5.41) is 3.10. The molecule has 3 rings (SSSR count). The summed E-state index contributed by atoms with van der Waals surface area (Å²) in [5.41, 5.74) is 6.08. The number of nitrogens with zero attached hydrogens (tertiary/aromatic N) is 1. The number of hydrogen-bond donors (Lipinski definition) is 2. The molecule has 1 amide bonds. The number of morpholine rings is 1. The predicted molar refractivity (Wildman–Crippen MR) is 106 cm³/mol. The Morgan fingerprint density at radius 2 is 2.04 bits per heavy atom. The van der Waals surface area contributed by atoms with Crippen LogP contribution in [0.4, 0.5) is 0 Å². The van der Waals surface area contributed by atoms with E-state index in [1.807, 2.05) is 19.1 Å². The quantitative estimate of drug-likeness (QED) is 0.756. The lowest BCUT2D eigenvalue weighted by Crippen LogP contribution is -2.44. The Bertz CT molecular complexity index is 550. The molecular formula is C18H31Cl2N3O3. The minimum absolute atomic E-state index is 0. The molecule has 2 fully saturated rings.